The van der Waals surface area contributed by atoms with E-state index in [2.05, 4.69) is 16.0 Å². The van der Waals surface area contributed by atoms with Crippen molar-refractivity contribution in [2.75, 3.05) is 17.2 Å². The van der Waals surface area contributed by atoms with Crippen LogP contribution < -0.4 is 16.0 Å². The second-order valence-corrected chi connectivity index (χ2v) is 6.56. The second-order valence-electron chi connectivity index (χ2n) is 6.56. The van der Waals surface area contributed by atoms with Gasteiger partial charge in [0.1, 0.15) is 5.82 Å². The minimum absolute atomic E-state index is 0.225. The zero-order chi connectivity index (χ0) is 22.1. The predicted molar refractivity (Wildman–Crippen MR) is 118 cm³/mol. The molecule has 0 fully saturated rings. The zero-order valence-corrected chi connectivity index (χ0v) is 16.5. The fourth-order valence-corrected chi connectivity index (χ4v) is 2.68. The molecule has 0 atom stereocenters. The van der Waals surface area contributed by atoms with Crippen LogP contribution in [0.3, 0.4) is 0 Å². The number of hydrogen-bond donors (Lipinski definition) is 3. The molecule has 0 heterocycles. The van der Waals surface area contributed by atoms with Crippen molar-refractivity contribution in [2.24, 2.45) is 0 Å². The molecule has 0 aliphatic heterocycles. The first-order valence-electron chi connectivity index (χ1n) is 9.47. The summed E-state index contributed by atoms with van der Waals surface area (Å²) in [5.41, 5.74) is 1.88. The molecule has 0 aromatic heterocycles. The van der Waals surface area contributed by atoms with E-state index in [0.717, 1.165) is 5.56 Å². The van der Waals surface area contributed by atoms with Gasteiger partial charge in [0.2, 0.25) is 11.8 Å². The van der Waals surface area contributed by atoms with Crippen LogP contribution >= 0.6 is 0 Å². The summed E-state index contributed by atoms with van der Waals surface area (Å²) in [5, 5.41) is 7.71. The minimum atomic E-state index is -0.459. The standard InChI is InChI=1S/C24H20FN3O3/c25-19-9-5-11-21(15-19)28-24(31)18-8-4-10-20(14-18)27-23(30)16-26-22(29)13-12-17-6-2-1-3-7-17/h1-15H,16H2,(H,26,29)(H,27,30)(H,28,31)/b13-12+. The van der Waals surface area contributed by atoms with E-state index in [4.69, 9.17) is 0 Å². The molecule has 6 nitrogen and oxygen atoms in total. The summed E-state index contributed by atoms with van der Waals surface area (Å²) in [6.07, 6.45) is 2.99. The van der Waals surface area contributed by atoms with Crippen LogP contribution in [0.15, 0.2) is 84.9 Å². The van der Waals surface area contributed by atoms with E-state index in [1.807, 2.05) is 30.3 Å². The van der Waals surface area contributed by atoms with Gasteiger partial charge in [0, 0.05) is 23.0 Å². The molecule has 3 rings (SSSR count). The number of carbonyl (C=O) groups is 3. The minimum Gasteiger partial charge on any atom is -0.343 e. The highest BCUT2D eigenvalue weighted by Gasteiger charge is 2.09. The van der Waals surface area contributed by atoms with Crippen molar-refractivity contribution in [2.45, 2.75) is 0 Å². The predicted octanol–water partition coefficient (Wildman–Crippen LogP) is 3.85. The Kier molecular flexibility index (Phi) is 7.26. The van der Waals surface area contributed by atoms with Gasteiger partial charge in [-0.1, -0.05) is 42.5 Å². The first-order valence-corrected chi connectivity index (χ1v) is 9.47. The largest absolute Gasteiger partial charge is 0.343 e. The van der Waals surface area contributed by atoms with Crippen LogP contribution in [0, 0.1) is 5.82 Å². The van der Waals surface area contributed by atoms with Gasteiger partial charge in [0.05, 0.1) is 6.54 Å². The van der Waals surface area contributed by atoms with Crippen LogP contribution in [0.4, 0.5) is 15.8 Å². The van der Waals surface area contributed by atoms with Gasteiger partial charge < -0.3 is 16.0 Å². The summed E-state index contributed by atoms with van der Waals surface area (Å²) in [4.78, 5) is 36.3. The maximum atomic E-state index is 13.3. The summed E-state index contributed by atoms with van der Waals surface area (Å²) in [6.45, 7) is -0.225. The maximum Gasteiger partial charge on any atom is 0.255 e. The number of benzene rings is 3. The van der Waals surface area contributed by atoms with E-state index in [9.17, 15) is 18.8 Å². The average molecular weight is 417 g/mol. The molecule has 0 aliphatic carbocycles. The lowest BCUT2D eigenvalue weighted by Crippen LogP contribution is -2.31. The summed E-state index contributed by atoms with van der Waals surface area (Å²) >= 11 is 0. The first-order chi connectivity index (χ1) is 15.0. The third-order valence-corrected chi connectivity index (χ3v) is 4.14. The number of nitrogens with one attached hydrogen (secondary N) is 3. The number of anilines is 2. The first kappa shape index (κ1) is 21.4. The summed E-state index contributed by atoms with van der Waals surface area (Å²) in [6, 6.07) is 21.1. The van der Waals surface area contributed by atoms with Crippen LogP contribution in [0.2, 0.25) is 0 Å². The molecule has 3 aromatic rings. The second kappa shape index (κ2) is 10.5. The maximum absolute atomic E-state index is 13.3. The van der Waals surface area contributed by atoms with E-state index in [-0.39, 0.29) is 12.1 Å². The van der Waals surface area contributed by atoms with Crippen molar-refractivity contribution in [1.29, 1.82) is 0 Å². The van der Waals surface area contributed by atoms with Crippen LogP contribution in [0.25, 0.3) is 6.08 Å². The molecule has 7 heteroatoms. The molecule has 3 N–H and O–H groups in total. The Morgan fingerprint density at radius 1 is 0.806 bits per heavy atom. The van der Waals surface area contributed by atoms with E-state index in [1.165, 1.54) is 30.3 Å². The Morgan fingerprint density at radius 3 is 2.26 bits per heavy atom. The smallest absolute Gasteiger partial charge is 0.255 e. The van der Waals surface area contributed by atoms with E-state index in [0.29, 0.717) is 11.4 Å². The lowest BCUT2D eigenvalue weighted by atomic mass is 10.1. The lowest BCUT2D eigenvalue weighted by molar-refractivity contribution is -0.121. The van der Waals surface area contributed by atoms with E-state index < -0.39 is 23.5 Å². The summed E-state index contributed by atoms with van der Waals surface area (Å²) in [7, 11) is 0. The highest BCUT2D eigenvalue weighted by molar-refractivity contribution is 6.05. The normalized spacial score (nSPS) is 10.5. The highest BCUT2D eigenvalue weighted by Crippen LogP contribution is 2.14. The molecular weight excluding hydrogens is 397 g/mol. The zero-order valence-electron chi connectivity index (χ0n) is 16.5. The molecule has 0 saturated heterocycles. The Balaban J connectivity index is 1.51. The fraction of sp³-hybridized carbons (Fsp3) is 0.0417. The average Bonchev–Trinajstić information content (AvgIpc) is 2.77. The lowest BCUT2D eigenvalue weighted by Gasteiger charge is -2.09. The number of hydrogen-bond acceptors (Lipinski definition) is 3. The van der Waals surface area contributed by atoms with Crippen LogP contribution in [-0.2, 0) is 9.59 Å². The SMILES string of the molecule is O=C(/C=C/c1ccccc1)NCC(=O)Nc1cccc(C(=O)Nc2cccc(F)c2)c1. The van der Waals surface area contributed by atoms with Gasteiger partial charge in [-0.25, -0.2) is 4.39 Å². The van der Waals surface area contributed by atoms with Gasteiger partial charge in [-0.2, -0.15) is 0 Å². The Hall–Kier alpha value is -4.26. The Morgan fingerprint density at radius 2 is 1.52 bits per heavy atom. The van der Waals surface area contributed by atoms with Gasteiger partial charge in [-0.3, -0.25) is 14.4 Å². The quantitative estimate of drug-likeness (QED) is 0.511. The van der Waals surface area contributed by atoms with Gasteiger partial charge in [0.15, 0.2) is 0 Å². The molecule has 3 amide bonds. The van der Waals surface area contributed by atoms with Gasteiger partial charge in [-0.15, -0.1) is 0 Å². The van der Waals surface area contributed by atoms with Crippen molar-refractivity contribution < 1.29 is 18.8 Å². The van der Waals surface area contributed by atoms with Crippen LogP contribution in [0.5, 0.6) is 0 Å². The molecule has 156 valence electrons. The van der Waals surface area contributed by atoms with Gasteiger partial charge in [0.25, 0.3) is 5.91 Å². The van der Waals surface area contributed by atoms with Crippen molar-refractivity contribution in [3.8, 4) is 0 Å². The van der Waals surface area contributed by atoms with Gasteiger partial charge >= 0.3 is 0 Å². The summed E-state index contributed by atoms with van der Waals surface area (Å²) in [5.74, 6) is -1.74. The van der Waals surface area contributed by atoms with Gasteiger partial charge in [-0.05, 0) is 48.0 Å². The van der Waals surface area contributed by atoms with E-state index >= 15 is 0 Å². The van der Waals surface area contributed by atoms with Crippen LogP contribution in [-0.4, -0.2) is 24.3 Å². The molecule has 0 radical (unpaired) electrons. The van der Waals surface area contributed by atoms with Crippen molar-refractivity contribution >= 4 is 35.2 Å². The fourth-order valence-electron chi connectivity index (χ4n) is 2.68. The number of amides is 3. The third kappa shape index (κ3) is 6.93. The Bertz CT molecular complexity index is 1110. The van der Waals surface area contributed by atoms with E-state index in [1.54, 1.807) is 30.3 Å². The molecule has 0 bridgehead atoms. The topological polar surface area (TPSA) is 87.3 Å². The third-order valence-electron chi connectivity index (χ3n) is 4.14. The highest BCUT2D eigenvalue weighted by atomic mass is 19.1. The molecule has 0 saturated carbocycles. The van der Waals surface area contributed by atoms with Crippen molar-refractivity contribution in [3.05, 3.63) is 102 Å². The monoisotopic (exact) mass is 417 g/mol. The number of halogens is 1. The molecule has 0 aliphatic rings. The molecular formula is C24H20FN3O3. The molecule has 31 heavy (non-hydrogen) atoms. The van der Waals surface area contributed by atoms with Crippen molar-refractivity contribution in [3.63, 3.8) is 0 Å². The number of carbonyl (C=O) groups excluding carboxylic acids is 3. The van der Waals surface area contributed by atoms with Crippen molar-refractivity contribution in [1.82, 2.24) is 5.32 Å². The Labute approximate surface area is 178 Å². The molecule has 3 aromatic carbocycles. The molecule has 0 spiro atoms. The molecule has 0 unspecified atom stereocenters. The summed E-state index contributed by atoms with van der Waals surface area (Å²) < 4.78 is 13.3. The number of rotatable bonds is 7. The van der Waals surface area contributed by atoms with Crippen LogP contribution in [0.1, 0.15) is 15.9 Å².